The van der Waals surface area contributed by atoms with Crippen LogP contribution in [0.15, 0.2) is 29.3 Å². The largest absolute Gasteiger partial charge is 0.258 e. The zero-order valence-corrected chi connectivity index (χ0v) is 5.69. The van der Waals surface area contributed by atoms with Crippen LogP contribution >= 0.6 is 11.8 Å². The molecule has 0 aliphatic carbocycles. The molecule has 0 unspecified atom stereocenters. The van der Waals surface area contributed by atoms with Crippen LogP contribution in [0.2, 0.25) is 0 Å². The Hall–Kier alpha value is -0.500. The lowest BCUT2D eigenvalue weighted by atomic mass is 10.7. The van der Waals surface area contributed by atoms with Crippen LogP contribution in [0, 0.1) is 0 Å². The Bertz CT molecular complexity index is 105. The maximum absolute atomic E-state index is 3.87. The zero-order chi connectivity index (χ0) is 6.24. The molecule has 2 heteroatoms. The Balaban J connectivity index is 3.19. The highest BCUT2D eigenvalue weighted by molar-refractivity contribution is 8.14. The van der Waals surface area contributed by atoms with Gasteiger partial charge in [-0.25, -0.2) is 0 Å². The second-order valence-electron chi connectivity index (χ2n) is 1.04. The maximum atomic E-state index is 3.87. The first-order valence-corrected chi connectivity index (χ1v) is 3.25. The molecule has 0 aliphatic rings. The predicted molar refractivity (Wildman–Crippen MR) is 41.1 cm³/mol. The lowest BCUT2D eigenvalue weighted by Crippen LogP contribution is -1.53. The number of nitrogens with zero attached hydrogens (tertiary/aromatic N) is 1. The van der Waals surface area contributed by atoms with Crippen molar-refractivity contribution in [1.82, 2.24) is 0 Å². The number of hydrogen-bond acceptors (Lipinski definition) is 2. The van der Waals surface area contributed by atoms with Gasteiger partial charge < -0.3 is 0 Å². The SMILES string of the molecule is C=CSC=NC=CC. The summed E-state index contributed by atoms with van der Waals surface area (Å²) in [6.07, 6.45) is 3.61. The summed E-state index contributed by atoms with van der Waals surface area (Å²) < 4.78 is 0. The second-order valence-corrected chi connectivity index (χ2v) is 1.86. The molecule has 0 rings (SSSR count). The maximum Gasteiger partial charge on any atom is 0.0638 e. The van der Waals surface area contributed by atoms with Gasteiger partial charge in [0.25, 0.3) is 0 Å². The first-order valence-electron chi connectivity index (χ1n) is 2.31. The van der Waals surface area contributed by atoms with Crippen molar-refractivity contribution in [3.05, 3.63) is 24.3 Å². The molecule has 0 spiro atoms. The van der Waals surface area contributed by atoms with Crippen LogP contribution in [0.3, 0.4) is 0 Å². The molecule has 0 aliphatic heterocycles. The summed E-state index contributed by atoms with van der Waals surface area (Å²) in [6.45, 7) is 5.43. The molecule has 0 aromatic carbocycles. The Labute approximate surface area is 54.2 Å². The molecular weight excluding hydrogens is 118 g/mol. The van der Waals surface area contributed by atoms with Gasteiger partial charge in [-0.15, -0.1) is 0 Å². The fourth-order valence-corrected chi connectivity index (χ4v) is 0.426. The standard InChI is InChI=1S/C6H9NS/c1-3-5-7-6-8-4-2/h3-6H,2H2,1H3. The van der Waals surface area contributed by atoms with Crippen LogP contribution in [-0.2, 0) is 0 Å². The van der Waals surface area contributed by atoms with Gasteiger partial charge in [-0.05, 0) is 12.3 Å². The molecule has 0 saturated carbocycles. The summed E-state index contributed by atoms with van der Waals surface area (Å²) in [4.78, 5) is 3.87. The summed E-state index contributed by atoms with van der Waals surface area (Å²) in [5, 5.41) is 1.73. The molecule has 0 fully saturated rings. The second kappa shape index (κ2) is 6.50. The van der Waals surface area contributed by atoms with Crippen LogP contribution in [0.1, 0.15) is 6.92 Å². The monoisotopic (exact) mass is 127 g/mol. The van der Waals surface area contributed by atoms with E-state index >= 15 is 0 Å². The van der Waals surface area contributed by atoms with Gasteiger partial charge in [-0.2, -0.15) is 0 Å². The lowest BCUT2D eigenvalue weighted by molar-refractivity contribution is 1.56. The van der Waals surface area contributed by atoms with Crippen molar-refractivity contribution >= 4 is 17.3 Å². The van der Waals surface area contributed by atoms with Gasteiger partial charge in [0.1, 0.15) is 0 Å². The fourth-order valence-electron chi connectivity index (χ4n) is 0.199. The fraction of sp³-hybridized carbons (Fsp3) is 0.167. The number of hydrogen-bond donors (Lipinski definition) is 0. The van der Waals surface area contributed by atoms with E-state index in [0.29, 0.717) is 0 Å². The highest BCUT2D eigenvalue weighted by Crippen LogP contribution is 1.92. The van der Waals surface area contributed by atoms with Gasteiger partial charge in [0.15, 0.2) is 0 Å². The van der Waals surface area contributed by atoms with Crippen molar-refractivity contribution in [2.24, 2.45) is 4.99 Å². The Morgan fingerprint density at radius 3 is 2.88 bits per heavy atom. The average molecular weight is 127 g/mol. The van der Waals surface area contributed by atoms with Gasteiger partial charge in [0.2, 0.25) is 0 Å². The van der Waals surface area contributed by atoms with E-state index in [2.05, 4.69) is 11.6 Å². The van der Waals surface area contributed by atoms with E-state index in [-0.39, 0.29) is 0 Å². The van der Waals surface area contributed by atoms with Crippen molar-refractivity contribution in [2.75, 3.05) is 0 Å². The first-order chi connectivity index (χ1) is 3.91. The van der Waals surface area contributed by atoms with Crippen LogP contribution in [0.5, 0.6) is 0 Å². The van der Waals surface area contributed by atoms with E-state index in [4.69, 9.17) is 0 Å². The zero-order valence-electron chi connectivity index (χ0n) is 4.87. The number of allylic oxidation sites excluding steroid dienone is 1. The summed E-state index contributed by atoms with van der Waals surface area (Å²) in [7, 11) is 0. The lowest BCUT2D eigenvalue weighted by Gasteiger charge is -1.73. The molecule has 0 aromatic rings. The quantitative estimate of drug-likeness (QED) is 0.419. The molecule has 0 bridgehead atoms. The molecule has 0 radical (unpaired) electrons. The highest BCUT2D eigenvalue weighted by atomic mass is 32.2. The third-order valence-corrected chi connectivity index (χ3v) is 0.889. The normalized spacial score (nSPS) is 11.1. The summed E-state index contributed by atoms with van der Waals surface area (Å²) in [5.74, 6) is 0. The number of thioether (sulfide) groups is 1. The van der Waals surface area contributed by atoms with Crippen molar-refractivity contribution in [2.45, 2.75) is 6.92 Å². The molecular formula is C6H9NS. The van der Waals surface area contributed by atoms with Crippen LogP contribution in [0.25, 0.3) is 0 Å². The molecule has 0 amide bonds. The summed E-state index contributed by atoms with van der Waals surface area (Å²) in [5.41, 5.74) is 1.73. The molecule has 8 heavy (non-hydrogen) atoms. The van der Waals surface area contributed by atoms with Gasteiger partial charge in [0, 0.05) is 6.20 Å². The van der Waals surface area contributed by atoms with E-state index in [1.54, 1.807) is 17.2 Å². The van der Waals surface area contributed by atoms with E-state index in [1.165, 1.54) is 11.8 Å². The van der Waals surface area contributed by atoms with Crippen LogP contribution in [0.4, 0.5) is 0 Å². The third kappa shape index (κ3) is 5.50. The van der Waals surface area contributed by atoms with Crippen molar-refractivity contribution in [1.29, 1.82) is 0 Å². The third-order valence-electron chi connectivity index (χ3n) is 0.453. The minimum Gasteiger partial charge on any atom is -0.258 e. The van der Waals surface area contributed by atoms with Gasteiger partial charge >= 0.3 is 0 Å². The smallest absolute Gasteiger partial charge is 0.0638 e. The van der Waals surface area contributed by atoms with E-state index < -0.39 is 0 Å². The molecule has 44 valence electrons. The topological polar surface area (TPSA) is 12.4 Å². The van der Waals surface area contributed by atoms with Crippen molar-refractivity contribution in [3.63, 3.8) is 0 Å². The molecule has 0 atom stereocenters. The Morgan fingerprint density at radius 1 is 1.62 bits per heavy atom. The van der Waals surface area contributed by atoms with E-state index in [0.717, 1.165) is 0 Å². The Kier molecular flexibility index (Phi) is 6.09. The van der Waals surface area contributed by atoms with Crippen LogP contribution in [-0.4, -0.2) is 5.55 Å². The van der Waals surface area contributed by atoms with Crippen LogP contribution < -0.4 is 0 Å². The number of rotatable bonds is 3. The number of aliphatic imine (C=N–C) groups is 1. The molecule has 0 saturated heterocycles. The first kappa shape index (κ1) is 7.50. The van der Waals surface area contributed by atoms with E-state index in [9.17, 15) is 0 Å². The molecule has 1 nitrogen and oxygen atoms in total. The molecule has 0 heterocycles. The van der Waals surface area contributed by atoms with Crippen molar-refractivity contribution < 1.29 is 0 Å². The Morgan fingerprint density at radius 2 is 2.38 bits per heavy atom. The minimum atomic E-state index is 1.47. The average Bonchev–Trinajstić information content (AvgIpc) is 1.81. The molecule has 0 aromatic heterocycles. The predicted octanol–water partition coefficient (Wildman–Crippen LogP) is 2.43. The summed E-state index contributed by atoms with van der Waals surface area (Å²) in [6, 6.07) is 0. The van der Waals surface area contributed by atoms with E-state index in [1.807, 2.05) is 13.0 Å². The van der Waals surface area contributed by atoms with Gasteiger partial charge in [-0.1, -0.05) is 24.4 Å². The van der Waals surface area contributed by atoms with Crippen molar-refractivity contribution in [3.8, 4) is 0 Å². The molecule has 0 N–H and O–H groups in total. The summed E-state index contributed by atoms with van der Waals surface area (Å²) >= 11 is 1.47. The van der Waals surface area contributed by atoms with Gasteiger partial charge in [-0.3, -0.25) is 4.99 Å². The minimum absolute atomic E-state index is 1.47. The highest BCUT2D eigenvalue weighted by Gasteiger charge is 1.62. The van der Waals surface area contributed by atoms with Gasteiger partial charge in [0.05, 0.1) is 5.55 Å².